The minimum atomic E-state index is -0.476. The summed E-state index contributed by atoms with van der Waals surface area (Å²) in [5, 5.41) is 3.69. The summed E-state index contributed by atoms with van der Waals surface area (Å²) in [6, 6.07) is 4.41. The lowest BCUT2D eigenvalue weighted by Gasteiger charge is -2.30. The summed E-state index contributed by atoms with van der Waals surface area (Å²) in [6.45, 7) is 1.67. The van der Waals surface area contributed by atoms with Gasteiger partial charge in [-0.2, -0.15) is 4.98 Å². The SMILES string of the molecule is O=C(NCc1ccc(F)c(Cl)c1)C1CCN(c2nc3nc[nH]c(=O)c3s2)CC1. The van der Waals surface area contributed by atoms with Gasteiger partial charge in [-0.15, -0.1) is 0 Å². The quantitative estimate of drug-likeness (QED) is 0.675. The fourth-order valence-electron chi connectivity index (χ4n) is 3.21. The second-order valence-corrected chi connectivity index (χ2v) is 7.99. The zero-order chi connectivity index (χ0) is 19.7. The highest BCUT2D eigenvalue weighted by Gasteiger charge is 2.26. The molecule has 0 spiro atoms. The summed E-state index contributed by atoms with van der Waals surface area (Å²) in [6.07, 6.45) is 2.73. The van der Waals surface area contributed by atoms with Gasteiger partial charge in [0.05, 0.1) is 11.3 Å². The monoisotopic (exact) mass is 421 g/mol. The predicted molar refractivity (Wildman–Crippen MR) is 106 cm³/mol. The molecule has 1 aromatic carbocycles. The molecule has 4 rings (SSSR count). The molecule has 0 atom stereocenters. The molecule has 28 heavy (non-hydrogen) atoms. The van der Waals surface area contributed by atoms with Gasteiger partial charge in [-0.25, -0.2) is 9.37 Å². The average molecular weight is 422 g/mol. The van der Waals surface area contributed by atoms with Crippen LogP contribution >= 0.6 is 22.9 Å². The molecule has 0 saturated carbocycles. The molecule has 3 heterocycles. The number of piperidine rings is 1. The minimum absolute atomic E-state index is 0.0255. The highest BCUT2D eigenvalue weighted by atomic mass is 35.5. The number of fused-ring (bicyclic) bond motifs is 1. The van der Waals surface area contributed by atoms with Crippen LogP contribution in [-0.2, 0) is 11.3 Å². The molecule has 3 aromatic rings. The van der Waals surface area contributed by atoms with Gasteiger partial charge >= 0.3 is 0 Å². The van der Waals surface area contributed by atoms with E-state index in [1.54, 1.807) is 6.07 Å². The highest BCUT2D eigenvalue weighted by Crippen LogP contribution is 2.29. The Balaban J connectivity index is 1.34. The molecule has 0 aliphatic carbocycles. The molecule has 1 fully saturated rings. The lowest BCUT2D eigenvalue weighted by molar-refractivity contribution is -0.125. The van der Waals surface area contributed by atoms with Crippen molar-refractivity contribution in [3.8, 4) is 0 Å². The van der Waals surface area contributed by atoms with Crippen LogP contribution in [0.5, 0.6) is 0 Å². The number of carbonyl (C=O) groups is 1. The van der Waals surface area contributed by atoms with Gasteiger partial charge in [0, 0.05) is 25.6 Å². The number of amides is 1. The molecule has 0 radical (unpaired) electrons. The molecule has 0 bridgehead atoms. The van der Waals surface area contributed by atoms with Crippen molar-refractivity contribution in [3.63, 3.8) is 0 Å². The molecule has 2 N–H and O–H groups in total. The Morgan fingerprint density at radius 3 is 2.89 bits per heavy atom. The molecule has 1 saturated heterocycles. The van der Waals surface area contributed by atoms with E-state index >= 15 is 0 Å². The van der Waals surface area contributed by atoms with Gasteiger partial charge in [0.1, 0.15) is 10.5 Å². The summed E-state index contributed by atoms with van der Waals surface area (Å²) < 4.78 is 13.7. The second kappa shape index (κ2) is 7.84. The average Bonchev–Trinajstić information content (AvgIpc) is 3.14. The first-order valence-electron chi connectivity index (χ1n) is 8.82. The van der Waals surface area contributed by atoms with Gasteiger partial charge in [-0.1, -0.05) is 29.0 Å². The van der Waals surface area contributed by atoms with E-state index in [1.165, 1.54) is 29.8 Å². The van der Waals surface area contributed by atoms with E-state index in [4.69, 9.17) is 11.6 Å². The number of benzene rings is 1. The van der Waals surface area contributed by atoms with Crippen LogP contribution in [-0.4, -0.2) is 33.9 Å². The van der Waals surface area contributed by atoms with Crippen molar-refractivity contribution in [3.05, 3.63) is 51.3 Å². The fourth-order valence-corrected chi connectivity index (χ4v) is 4.38. The van der Waals surface area contributed by atoms with E-state index in [0.29, 0.717) is 42.8 Å². The normalized spacial score (nSPS) is 15.1. The molecule has 2 aromatic heterocycles. The maximum Gasteiger partial charge on any atom is 0.270 e. The van der Waals surface area contributed by atoms with Crippen LogP contribution < -0.4 is 15.8 Å². The van der Waals surface area contributed by atoms with Gasteiger partial charge in [0.25, 0.3) is 5.56 Å². The lowest BCUT2D eigenvalue weighted by Crippen LogP contribution is -2.40. The molecular formula is C18H17ClFN5O2S. The standard InChI is InChI=1S/C18H17ClFN5O2S/c19-12-7-10(1-2-13(12)20)8-21-16(26)11-3-5-25(6-4-11)18-24-15-14(28-18)17(27)23-9-22-15/h1-2,7,9,11H,3-6,8H2,(H,21,26)(H,22,23,27). The van der Waals surface area contributed by atoms with E-state index in [-0.39, 0.29) is 22.4 Å². The van der Waals surface area contributed by atoms with Crippen LogP contribution in [0, 0.1) is 11.7 Å². The third-order valence-corrected chi connectivity index (χ3v) is 6.17. The summed E-state index contributed by atoms with van der Waals surface area (Å²) >= 11 is 7.08. The van der Waals surface area contributed by atoms with Crippen molar-refractivity contribution >= 4 is 44.3 Å². The second-order valence-electron chi connectivity index (χ2n) is 6.61. The van der Waals surface area contributed by atoms with Crippen molar-refractivity contribution in [2.75, 3.05) is 18.0 Å². The number of carbonyl (C=O) groups excluding carboxylic acids is 1. The van der Waals surface area contributed by atoms with Crippen LogP contribution in [0.15, 0.2) is 29.3 Å². The third-order valence-electron chi connectivity index (χ3n) is 4.77. The summed E-state index contributed by atoms with van der Waals surface area (Å²) in [7, 11) is 0. The topological polar surface area (TPSA) is 91.0 Å². The Bertz CT molecular complexity index is 1080. The van der Waals surface area contributed by atoms with Gasteiger partial charge in [0.2, 0.25) is 5.91 Å². The Kier molecular flexibility index (Phi) is 5.27. The summed E-state index contributed by atoms with van der Waals surface area (Å²) in [5.74, 6) is -0.596. The van der Waals surface area contributed by atoms with Gasteiger partial charge in [0.15, 0.2) is 10.8 Å². The van der Waals surface area contributed by atoms with Crippen LogP contribution in [0.4, 0.5) is 9.52 Å². The summed E-state index contributed by atoms with van der Waals surface area (Å²) in [5.41, 5.74) is 1.01. The molecule has 146 valence electrons. The van der Waals surface area contributed by atoms with E-state index in [2.05, 4.69) is 25.2 Å². The number of aromatic amines is 1. The highest BCUT2D eigenvalue weighted by molar-refractivity contribution is 7.22. The number of hydrogen-bond acceptors (Lipinski definition) is 6. The largest absolute Gasteiger partial charge is 0.352 e. The number of aromatic nitrogens is 3. The Labute approximate surface area is 168 Å². The molecule has 7 nitrogen and oxygen atoms in total. The van der Waals surface area contributed by atoms with Crippen molar-refractivity contribution in [2.45, 2.75) is 19.4 Å². The molecule has 10 heteroatoms. The molecule has 1 amide bonds. The van der Waals surface area contributed by atoms with E-state index in [9.17, 15) is 14.0 Å². The lowest BCUT2D eigenvalue weighted by atomic mass is 9.96. The van der Waals surface area contributed by atoms with Crippen LogP contribution in [0.1, 0.15) is 18.4 Å². The Morgan fingerprint density at radius 2 is 2.18 bits per heavy atom. The molecule has 1 aliphatic heterocycles. The van der Waals surface area contributed by atoms with Crippen molar-refractivity contribution in [2.24, 2.45) is 5.92 Å². The van der Waals surface area contributed by atoms with E-state index in [0.717, 1.165) is 10.7 Å². The maximum absolute atomic E-state index is 13.2. The van der Waals surface area contributed by atoms with E-state index < -0.39 is 5.82 Å². The first kappa shape index (κ1) is 18.8. The number of nitrogens with zero attached hydrogens (tertiary/aromatic N) is 3. The fraction of sp³-hybridized carbons (Fsp3) is 0.333. The van der Waals surface area contributed by atoms with Crippen LogP contribution in [0.2, 0.25) is 5.02 Å². The number of nitrogens with one attached hydrogen (secondary N) is 2. The molecular weight excluding hydrogens is 405 g/mol. The third kappa shape index (κ3) is 3.85. The smallest absolute Gasteiger partial charge is 0.270 e. The number of halogens is 2. The number of H-pyrrole nitrogens is 1. The van der Waals surface area contributed by atoms with Gasteiger partial charge < -0.3 is 15.2 Å². The van der Waals surface area contributed by atoms with Gasteiger partial charge in [-0.3, -0.25) is 9.59 Å². The van der Waals surface area contributed by atoms with Crippen LogP contribution in [0.25, 0.3) is 10.3 Å². The summed E-state index contributed by atoms with van der Waals surface area (Å²) in [4.78, 5) is 37.4. The maximum atomic E-state index is 13.2. The van der Waals surface area contributed by atoms with Crippen molar-refractivity contribution < 1.29 is 9.18 Å². The van der Waals surface area contributed by atoms with Crippen molar-refractivity contribution in [1.29, 1.82) is 0 Å². The number of anilines is 1. The number of thiazole rings is 1. The first-order chi connectivity index (χ1) is 13.5. The Morgan fingerprint density at radius 1 is 1.39 bits per heavy atom. The van der Waals surface area contributed by atoms with E-state index in [1.807, 2.05) is 0 Å². The first-order valence-corrected chi connectivity index (χ1v) is 10.0. The predicted octanol–water partition coefficient (Wildman–Crippen LogP) is 2.70. The number of rotatable bonds is 4. The zero-order valence-corrected chi connectivity index (χ0v) is 16.3. The molecule has 1 aliphatic rings. The van der Waals surface area contributed by atoms with Gasteiger partial charge in [-0.05, 0) is 30.5 Å². The van der Waals surface area contributed by atoms with Crippen LogP contribution in [0.3, 0.4) is 0 Å². The Hall–Kier alpha value is -2.52. The van der Waals surface area contributed by atoms with Crippen molar-refractivity contribution in [1.82, 2.24) is 20.3 Å². The molecule has 0 unspecified atom stereocenters. The zero-order valence-electron chi connectivity index (χ0n) is 14.7. The number of hydrogen-bond donors (Lipinski definition) is 2. The minimum Gasteiger partial charge on any atom is -0.352 e.